The van der Waals surface area contributed by atoms with Gasteiger partial charge in [0, 0.05) is 13.0 Å². The van der Waals surface area contributed by atoms with E-state index in [4.69, 9.17) is 18.9 Å². The van der Waals surface area contributed by atoms with Crippen molar-refractivity contribution in [3.8, 4) is 0 Å². The van der Waals surface area contributed by atoms with E-state index in [0.717, 1.165) is 89.9 Å². The zero-order chi connectivity index (χ0) is 45.0. The van der Waals surface area contributed by atoms with Gasteiger partial charge in [-0.25, -0.2) is 0 Å². The second-order valence-electron chi connectivity index (χ2n) is 16.9. The zero-order valence-corrected chi connectivity index (χ0v) is 39.3. The summed E-state index contributed by atoms with van der Waals surface area (Å²) < 4.78 is 22.9. The van der Waals surface area contributed by atoms with Crippen LogP contribution in [0.2, 0.25) is 0 Å². The Morgan fingerprint density at radius 1 is 0.532 bits per heavy atom. The van der Waals surface area contributed by atoms with Gasteiger partial charge in [-0.1, -0.05) is 177 Å². The highest BCUT2D eigenvalue weighted by Gasteiger charge is 2.44. The molecular weight excluding hydrogens is 781 g/mol. The maximum atomic E-state index is 12.8. The molecule has 1 aliphatic heterocycles. The highest BCUT2D eigenvalue weighted by Crippen LogP contribution is 2.22. The summed E-state index contributed by atoms with van der Waals surface area (Å²) in [6, 6.07) is 0. The molecule has 358 valence electrons. The van der Waals surface area contributed by atoms with E-state index in [1.54, 1.807) is 0 Å². The van der Waals surface area contributed by atoms with E-state index in [1.165, 1.54) is 83.5 Å². The zero-order valence-electron chi connectivity index (χ0n) is 39.3. The van der Waals surface area contributed by atoms with Crippen LogP contribution in [0.25, 0.3) is 0 Å². The number of aliphatic hydroxyl groups is 4. The first-order chi connectivity index (χ1) is 30.4. The van der Waals surface area contributed by atoms with Gasteiger partial charge in [-0.2, -0.15) is 0 Å². The molecule has 1 fully saturated rings. The van der Waals surface area contributed by atoms with Crippen LogP contribution in [0, 0.1) is 0 Å². The molecule has 0 saturated carbocycles. The molecule has 0 spiro atoms. The molecule has 6 atom stereocenters. The first kappa shape index (κ1) is 57.6. The minimum atomic E-state index is -1.54. The summed E-state index contributed by atoms with van der Waals surface area (Å²) in [5.41, 5.74) is 0. The lowest BCUT2D eigenvalue weighted by molar-refractivity contribution is -0.305. The fourth-order valence-electron chi connectivity index (χ4n) is 7.22. The molecule has 0 aromatic rings. The average molecular weight is 873 g/mol. The van der Waals surface area contributed by atoms with Crippen LogP contribution < -0.4 is 0 Å². The molecule has 1 rings (SSSR count). The molecule has 9 heteroatoms. The Kier molecular flexibility index (Phi) is 40.8. The monoisotopic (exact) mass is 873 g/mol. The summed E-state index contributed by atoms with van der Waals surface area (Å²) in [5, 5.41) is 40.2. The van der Waals surface area contributed by atoms with E-state index in [9.17, 15) is 25.2 Å². The number of hydrogen-bond acceptors (Lipinski definition) is 9. The second kappa shape index (κ2) is 43.9. The van der Waals surface area contributed by atoms with Crippen LogP contribution >= 0.6 is 0 Å². The number of carbonyl (C=O) groups is 1. The topological polar surface area (TPSA) is 135 Å². The fourth-order valence-corrected chi connectivity index (χ4v) is 7.22. The molecule has 0 bridgehead atoms. The fraction of sp³-hybridized carbons (Fsp3) is 0.755. The van der Waals surface area contributed by atoms with E-state index in [-0.39, 0.29) is 19.2 Å². The quantitative estimate of drug-likeness (QED) is 0.0269. The maximum absolute atomic E-state index is 12.8. The number of allylic oxidation sites excluding steroid dienone is 12. The number of unbranched alkanes of at least 4 members (excludes halogenated alkanes) is 19. The van der Waals surface area contributed by atoms with Crippen molar-refractivity contribution in [2.45, 2.75) is 230 Å². The number of hydrogen-bond donors (Lipinski definition) is 4. The summed E-state index contributed by atoms with van der Waals surface area (Å²) in [7, 11) is 0. The smallest absolute Gasteiger partial charge is 0.306 e. The van der Waals surface area contributed by atoms with E-state index in [0.29, 0.717) is 13.0 Å². The average Bonchev–Trinajstić information content (AvgIpc) is 3.27. The molecular formula is C53H92O9. The van der Waals surface area contributed by atoms with E-state index >= 15 is 0 Å². The molecule has 9 nitrogen and oxygen atoms in total. The Morgan fingerprint density at radius 2 is 0.984 bits per heavy atom. The van der Waals surface area contributed by atoms with Crippen molar-refractivity contribution in [2.75, 3.05) is 26.4 Å². The van der Waals surface area contributed by atoms with Gasteiger partial charge in [0.2, 0.25) is 0 Å². The number of esters is 1. The van der Waals surface area contributed by atoms with Crippen molar-refractivity contribution in [3.05, 3.63) is 72.9 Å². The third kappa shape index (κ3) is 34.1. The van der Waals surface area contributed by atoms with Crippen LogP contribution in [0.4, 0.5) is 0 Å². The highest BCUT2D eigenvalue weighted by atomic mass is 16.7. The van der Waals surface area contributed by atoms with Crippen molar-refractivity contribution in [1.82, 2.24) is 0 Å². The molecule has 1 aliphatic rings. The normalized spacial score (nSPS) is 20.4. The predicted molar refractivity (Wildman–Crippen MR) is 256 cm³/mol. The lowest BCUT2D eigenvalue weighted by Gasteiger charge is -2.39. The van der Waals surface area contributed by atoms with Gasteiger partial charge < -0.3 is 39.4 Å². The van der Waals surface area contributed by atoms with Crippen LogP contribution in [-0.2, 0) is 23.7 Å². The van der Waals surface area contributed by atoms with E-state index in [1.807, 2.05) is 0 Å². The SMILES string of the molecule is CC/C=C\C/C=C\C/C=C\CCCCCCCCCCOCC(COC1OC(CO)C(O)C(O)C1O)OC(=O)CCCCCCCC/C=C\C/C=C\C/C=C\CCCCCCC. The maximum Gasteiger partial charge on any atom is 0.306 e. The summed E-state index contributed by atoms with van der Waals surface area (Å²) in [6.45, 7) is 4.40. The van der Waals surface area contributed by atoms with Gasteiger partial charge in [0.25, 0.3) is 0 Å². The van der Waals surface area contributed by atoms with Crippen LogP contribution in [-0.4, -0.2) is 89.6 Å². The molecule has 4 N–H and O–H groups in total. The standard InChI is InChI=1S/C53H92O9/c1-3-5-7-9-11-13-15-17-19-21-23-24-25-26-28-30-32-34-36-38-40-42-49(55)61-47(46-60-53-52(58)51(57)50(56)48(44-54)62-53)45-59-43-41-39-37-35-33-31-29-27-22-20-18-16-14-12-10-8-6-4-2/h6,8,12,14-15,17-18,20-21,23,25-26,47-48,50-54,56-58H,3-5,7,9-11,13,16,19,22,24,27-46H2,1-2H3/b8-6-,14-12-,17-15-,20-18-,23-21-,26-25-. The summed E-state index contributed by atoms with van der Waals surface area (Å²) in [6.07, 6.45) is 50.7. The molecule has 0 aliphatic carbocycles. The third-order valence-corrected chi connectivity index (χ3v) is 11.1. The van der Waals surface area contributed by atoms with Gasteiger partial charge in [-0.3, -0.25) is 4.79 Å². The van der Waals surface area contributed by atoms with E-state index in [2.05, 4.69) is 86.8 Å². The molecule has 0 amide bonds. The summed E-state index contributed by atoms with van der Waals surface area (Å²) >= 11 is 0. The van der Waals surface area contributed by atoms with Crippen LogP contribution in [0.3, 0.4) is 0 Å². The summed E-state index contributed by atoms with van der Waals surface area (Å²) in [5.74, 6) is -0.330. The van der Waals surface area contributed by atoms with Crippen LogP contribution in [0.5, 0.6) is 0 Å². The second-order valence-corrected chi connectivity index (χ2v) is 16.9. The minimum absolute atomic E-state index is 0.125. The van der Waals surface area contributed by atoms with Gasteiger partial charge in [0.15, 0.2) is 6.29 Å². The molecule has 1 heterocycles. The largest absolute Gasteiger partial charge is 0.457 e. The van der Waals surface area contributed by atoms with Gasteiger partial charge in [0.05, 0.1) is 19.8 Å². The number of aliphatic hydroxyl groups excluding tert-OH is 4. The third-order valence-electron chi connectivity index (χ3n) is 11.1. The molecule has 62 heavy (non-hydrogen) atoms. The number of ether oxygens (including phenoxy) is 4. The van der Waals surface area contributed by atoms with Gasteiger partial charge >= 0.3 is 5.97 Å². The number of rotatable bonds is 42. The minimum Gasteiger partial charge on any atom is -0.457 e. The van der Waals surface area contributed by atoms with E-state index < -0.39 is 43.4 Å². The van der Waals surface area contributed by atoms with Crippen molar-refractivity contribution < 1.29 is 44.2 Å². The Labute approximate surface area is 378 Å². The molecule has 0 aromatic heterocycles. The van der Waals surface area contributed by atoms with Crippen molar-refractivity contribution in [1.29, 1.82) is 0 Å². The summed E-state index contributed by atoms with van der Waals surface area (Å²) in [4.78, 5) is 12.8. The first-order valence-electron chi connectivity index (χ1n) is 25.0. The van der Waals surface area contributed by atoms with Crippen molar-refractivity contribution in [3.63, 3.8) is 0 Å². The Bertz CT molecular complexity index is 1180. The first-order valence-corrected chi connectivity index (χ1v) is 25.0. The molecule has 6 unspecified atom stereocenters. The van der Waals surface area contributed by atoms with Gasteiger partial charge in [0.1, 0.15) is 30.5 Å². The lowest BCUT2D eigenvalue weighted by Crippen LogP contribution is -2.59. The Morgan fingerprint density at radius 3 is 1.48 bits per heavy atom. The van der Waals surface area contributed by atoms with Crippen molar-refractivity contribution >= 4 is 5.97 Å². The van der Waals surface area contributed by atoms with Gasteiger partial charge in [-0.05, 0) is 83.5 Å². The predicted octanol–water partition coefficient (Wildman–Crippen LogP) is 12.0. The van der Waals surface area contributed by atoms with Crippen LogP contribution in [0.1, 0.15) is 194 Å². The highest BCUT2D eigenvalue weighted by molar-refractivity contribution is 5.69. The Balaban J connectivity index is 2.24. The molecule has 0 aromatic carbocycles. The lowest BCUT2D eigenvalue weighted by atomic mass is 9.99. The van der Waals surface area contributed by atoms with Crippen LogP contribution in [0.15, 0.2) is 72.9 Å². The Hall–Kier alpha value is -2.37. The molecule has 0 radical (unpaired) electrons. The van der Waals surface area contributed by atoms with Gasteiger partial charge in [-0.15, -0.1) is 0 Å². The molecule has 1 saturated heterocycles. The number of carbonyl (C=O) groups excluding carboxylic acids is 1. The van der Waals surface area contributed by atoms with Crippen molar-refractivity contribution in [2.24, 2.45) is 0 Å².